The largest absolute Gasteiger partial charge is 0.573 e. The Morgan fingerprint density at radius 3 is 2.46 bits per heavy atom. The van der Waals surface area contributed by atoms with Gasteiger partial charge in [-0.25, -0.2) is 0 Å². The Balaban J connectivity index is 0.00000288. The fourth-order valence-corrected chi connectivity index (χ4v) is 1.92. The van der Waals surface area contributed by atoms with Gasteiger partial charge in [0.2, 0.25) is 0 Å². The van der Waals surface area contributed by atoms with Gasteiger partial charge >= 0.3 is 6.36 Å². The number of nitrogens with zero attached hydrogens (tertiary/aromatic N) is 1. The van der Waals surface area contributed by atoms with Crippen LogP contribution < -0.4 is 15.4 Å². The van der Waals surface area contributed by atoms with E-state index >= 15 is 0 Å². The molecule has 1 saturated carbocycles. The van der Waals surface area contributed by atoms with Gasteiger partial charge in [-0.3, -0.25) is 4.99 Å². The zero-order valence-electron chi connectivity index (χ0n) is 13.1. The Morgan fingerprint density at radius 1 is 1.33 bits per heavy atom. The van der Waals surface area contributed by atoms with Gasteiger partial charge in [-0.1, -0.05) is 12.1 Å². The number of nitrogens with one attached hydrogen (secondary N) is 2. The average molecular weight is 459 g/mol. The van der Waals surface area contributed by atoms with Crippen molar-refractivity contribution in [2.75, 3.05) is 13.1 Å². The van der Waals surface area contributed by atoms with E-state index in [1.165, 1.54) is 24.3 Å². The van der Waals surface area contributed by atoms with Crippen LogP contribution in [0.3, 0.4) is 0 Å². The van der Waals surface area contributed by atoms with Crippen molar-refractivity contribution in [3.63, 3.8) is 0 Å². The van der Waals surface area contributed by atoms with Crippen LogP contribution in [0.2, 0.25) is 0 Å². The lowest BCUT2D eigenvalue weighted by Crippen LogP contribution is -2.38. The number of aliphatic hydroxyl groups is 1. The predicted molar refractivity (Wildman–Crippen MR) is 95.6 cm³/mol. The van der Waals surface area contributed by atoms with Crippen LogP contribution in [0.25, 0.3) is 0 Å². The number of hydrogen-bond donors (Lipinski definition) is 3. The Hall–Kier alpha value is -1.23. The summed E-state index contributed by atoms with van der Waals surface area (Å²) in [6.45, 7) is 2.76. The van der Waals surface area contributed by atoms with Crippen LogP contribution >= 0.6 is 24.0 Å². The lowest BCUT2D eigenvalue weighted by atomic mass is 10.1. The molecule has 0 aromatic heterocycles. The third kappa shape index (κ3) is 7.56. The highest BCUT2D eigenvalue weighted by Crippen LogP contribution is 2.24. The summed E-state index contributed by atoms with van der Waals surface area (Å²) >= 11 is 0. The standard InChI is InChI=1S/C15H20F3N3O2.HI/c1-2-19-14(21-11-5-6-11)20-9-13(22)10-3-7-12(8-4-10)23-15(16,17)18;/h3-4,7-8,11,13,22H,2,5-6,9H2,1H3,(H2,19,20,21);1H. The van der Waals surface area contributed by atoms with Gasteiger partial charge < -0.3 is 20.5 Å². The topological polar surface area (TPSA) is 65.9 Å². The molecule has 0 saturated heterocycles. The third-order valence-corrected chi connectivity index (χ3v) is 3.18. The molecule has 0 spiro atoms. The number of aliphatic imine (C=N–C) groups is 1. The van der Waals surface area contributed by atoms with Gasteiger partial charge in [-0.05, 0) is 37.5 Å². The molecule has 1 aromatic rings. The maximum atomic E-state index is 12.1. The van der Waals surface area contributed by atoms with Crippen molar-refractivity contribution >= 4 is 29.9 Å². The van der Waals surface area contributed by atoms with E-state index < -0.39 is 12.5 Å². The van der Waals surface area contributed by atoms with E-state index in [2.05, 4.69) is 20.4 Å². The van der Waals surface area contributed by atoms with Crippen LogP contribution in [0.15, 0.2) is 29.3 Å². The van der Waals surface area contributed by atoms with Gasteiger partial charge in [-0.15, -0.1) is 37.1 Å². The smallest absolute Gasteiger partial charge is 0.406 e. The molecule has 1 unspecified atom stereocenters. The number of rotatable bonds is 6. The highest BCUT2D eigenvalue weighted by molar-refractivity contribution is 14.0. The maximum absolute atomic E-state index is 12.1. The number of alkyl halides is 3. The summed E-state index contributed by atoms with van der Waals surface area (Å²) in [5.41, 5.74) is 0.477. The van der Waals surface area contributed by atoms with E-state index in [1.807, 2.05) is 6.92 Å². The molecular formula is C15H21F3IN3O2. The summed E-state index contributed by atoms with van der Waals surface area (Å²) in [5, 5.41) is 16.4. The van der Waals surface area contributed by atoms with Gasteiger partial charge in [0, 0.05) is 12.6 Å². The lowest BCUT2D eigenvalue weighted by molar-refractivity contribution is -0.274. The highest BCUT2D eigenvalue weighted by atomic mass is 127. The molecule has 0 amide bonds. The zero-order chi connectivity index (χ0) is 16.9. The minimum Gasteiger partial charge on any atom is -0.406 e. The van der Waals surface area contributed by atoms with Gasteiger partial charge in [0.15, 0.2) is 5.96 Å². The van der Waals surface area contributed by atoms with Crippen LogP contribution in [0.1, 0.15) is 31.4 Å². The number of hydrogen-bond acceptors (Lipinski definition) is 3. The number of halogens is 4. The Morgan fingerprint density at radius 2 is 1.96 bits per heavy atom. The first-order valence-electron chi connectivity index (χ1n) is 7.46. The van der Waals surface area contributed by atoms with Crippen LogP contribution in [0.5, 0.6) is 5.75 Å². The van der Waals surface area contributed by atoms with E-state index in [0.29, 0.717) is 24.1 Å². The first-order chi connectivity index (χ1) is 10.9. The SMILES string of the molecule is CCNC(=NCC(O)c1ccc(OC(F)(F)F)cc1)NC1CC1.I. The van der Waals surface area contributed by atoms with E-state index in [-0.39, 0.29) is 36.3 Å². The van der Waals surface area contributed by atoms with Gasteiger partial charge in [0.05, 0.1) is 12.6 Å². The molecule has 2 rings (SSSR count). The first kappa shape index (κ1) is 20.8. The molecule has 9 heteroatoms. The van der Waals surface area contributed by atoms with E-state index in [1.54, 1.807) is 0 Å². The monoisotopic (exact) mass is 459 g/mol. The van der Waals surface area contributed by atoms with Crippen molar-refractivity contribution in [3.05, 3.63) is 29.8 Å². The molecule has 136 valence electrons. The molecule has 3 N–H and O–H groups in total. The number of ether oxygens (including phenoxy) is 1. The Labute approximate surface area is 155 Å². The molecule has 0 heterocycles. The fourth-order valence-electron chi connectivity index (χ4n) is 1.92. The molecule has 1 aromatic carbocycles. The number of aliphatic hydroxyl groups excluding tert-OH is 1. The normalized spacial score (nSPS) is 16.1. The van der Waals surface area contributed by atoms with Gasteiger partial charge in [-0.2, -0.15) is 0 Å². The number of benzene rings is 1. The van der Waals surface area contributed by atoms with Crippen molar-refractivity contribution in [1.82, 2.24) is 10.6 Å². The minimum absolute atomic E-state index is 0. The van der Waals surface area contributed by atoms with Gasteiger partial charge in [0.25, 0.3) is 0 Å². The third-order valence-electron chi connectivity index (χ3n) is 3.18. The fraction of sp³-hybridized carbons (Fsp3) is 0.533. The second-order valence-electron chi connectivity index (χ2n) is 5.27. The van der Waals surface area contributed by atoms with Crippen molar-refractivity contribution in [2.24, 2.45) is 4.99 Å². The number of guanidine groups is 1. The summed E-state index contributed by atoms with van der Waals surface area (Å²) < 4.78 is 40.1. The van der Waals surface area contributed by atoms with Crippen LogP contribution in [-0.2, 0) is 0 Å². The molecule has 0 radical (unpaired) electrons. The Kier molecular flexibility index (Phi) is 8.07. The zero-order valence-corrected chi connectivity index (χ0v) is 15.5. The molecule has 1 atom stereocenters. The minimum atomic E-state index is -4.72. The molecule has 24 heavy (non-hydrogen) atoms. The predicted octanol–water partition coefficient (Wildman–Crippen LogP) is 2.95. The molecule has 1 fully saturated rings. The maximum Gasteiger partial charge on any atom is 0.573 e. The van der Waals surface area contributed by atoms with Crippen molar-refractivity contribution < 1.29 is 23.0 Å². The lowest BCUT2D eigenvalue weighted by Gasteiger charge is -2.13. The summed E-state index contributed by atoms with van der Waals surface area (Å²) in [6, 6.07) is 5.56. The second kappa shape index (κ2) is 9.30. The average Bonchev–Trinajstić information content (AvgIpc) is 3.28. The molecule has 1 aliphatic rings. The molecular weight excluding hydrogens is 438 g/mol. The summed E-state index contributed by atoms with van der Waals surface area (Å²) in [4.78, 5) is 4.28. The van der Waals surface area contributed by atoms with Crippen molar-refractivity contribution in [1.29, 1.82) is 0 Å². The van der Waals surface area contributed by atoms with Crippen molar-refractivity contribution in [2.45, 2.75) is 38.3 Å². The molecule has 5 nitrogen and oxygen atoms in total. The highest BCUT2D eigenvalue weighted by Gasteiger charge is 2.31. The van der Waals surface area contributed by atoms with Crippen LogP contribution in [0, 0.1) is 0 Å². The Bertz CT molecular complexity index is 534. The van der Waals surface area contributed by atoms with E-state index in [9.17, 15) is 18.3 Å². The summed E-state index contributed by atoms with van der Waals surface area (Å²) in [6.07, 6.45) is -3.41. The molecule has 1 aliphatic carbocycles. The quantitative estimate of drug-likeness (QED) is 0.348. The second-order valence-corrected chi connectivity index (χ2v) is 5.27. The van der Waals surface area contributed by atoms with Crippen LogP contribution in [0.4, 0.5) is 13.2 Å². The van der Waals surface area contributed by atoms with E-state index in [4.69, 9.17) is 0 Å². The van der Waals surface area contributed by atoms with E-state index in [0.717, 1.165) is 12.8 Å². The molecule has 0 bridgehead atoms. The van der Waals surface area contributed by atoms with Gasteiger partial charge in [0.1, 0.15) is 5.75 Å². The summed E-state index contributed by atoms with van der Waals surface area (Å²) in [5.74, 6) is 0.312. The van der Waals surface area contributed by atoms with Crippen molar-refractivity contribution in [3.8, 4) is 5.75 Å². The van der Waals surface area contributed by atoms with Crippen LogP contribution in [-0.4, -0.2) is 36.6 Å². The molecule has 0 aliphatic heterocycles. The summed E-state index contributed by atoms with van der Waals surface area (Å²) in [7, 11) is 0. The first-order valence-corrected chi connectivity index (χ1v) is 7.46.